The second-order valence-corrected chi connectivity index (χ2v) is 11.5. The number of carbonyl (C=O) groups is 1. The van der Waals surface area contributed by atoms with Crippen molar-refractivity contribution < 1.29 is 26.9 Å². The Morgan fingerprint density at radius 2 is 1.70 bits per heavy atom. The van der Waals surface area contributed by atoms with E-state index in [-0.39, 0.29) is 10.6 Å². The van der Waals surface area contributed by atoms with Crippen LogP contribution < -0.4 is 10.2 Å². The van der Waals surface area contributed by atoms with Gasteiger partial charge in [-0.05, 0) is 62.1 Å². The van der Waals surface area contributed by atoms with E-state index in [1.165, 1.54) is 65.6 Å². The van der Waals surface area contributed by atoms with Crippen LogP contribution in [-0.2, 0) is 10.0 Å². The van der Waals surface area contributed by atoms with E-state index < -0.39 is 33.1 Å². The molecule has 0 bridgehead atoms. The quantitative estimate of drug-likeness (QED) is 0.609. The number of halogens is 3. The summed E-state index contributed by atoms with van der Waals surface area (Å²) in [5, 5.41) is 2.31. The molecule has 2 N–H and O–H groups in total. The third-order valence-electron chi connectivity index (χ3n) is 6.55. The Balaban J connectivity index is 1.48. The Labute approximate surface area is 201 Å². The molecule has 0 spiro atoms. The highest BCUT2D eigenvalue weighted by atomic mass is 79.9. The first-order valence-corrected chi connectivity index (χ1v) is 13.4. The van der Waals surface area contributed by atoms with E-state index in [4.69, 9.17) is 0 Å². The van der Waals surface area contributed by atoms with Crippen LogP contribution in [0.3, 0.4) is 0 Å². The maximum Gasteiger partial charge on any atom is 0.258 e. The van der Waals surface area contributed by atoms with Crippen molar-refractivity contribution in [1.82, 2.24) is 4.31 Å². The monoisotopic (exact) mass is 542 g/mol. The number of quaternary nitrogens is 1. The third kappa shape index (κ3) is 5.45. The zero-order chi connectivity index (χ0) is 23.6. The summed E-state index contributed by atoms with van der Waals surface area (Å²) in [5.41, 5.74) is -0.581. The van der Waals surface area contributed by atoms with Gasteiger partial charge in [-0.1, -0.05) is 22.4 Å². The summed E-state index contributed by atoms with van der Waals surface area (Å²) in [5.74, 6) is -2.49. The molecule has 2 aliphatic rings. The summed E-state index contributed by atoms with van der Waals surface area (Å²) >= 11 is 3.13. The Morgan fingerprint density at radius 3 is 2.36 bits per heavy atom. The van der Waals surface area contributed by atoms with Crippen LogP contribution in [0.15, 0.2) is 45.8 Å². The number of carbonyl (C=O) groups excluding carboxylic acids is 1. The van der Waals surface area contributed by atoms with E-state index in [1.54, 1.807) is 0 Å². The minimum atomic E-state index is -3.88. The molecule has 2 fully saturated rings. The number of hydrogen-bond acceptors (Lipinski definition) is 3. The van der Waals surface area contributed by atoms with Gasteiger partial charge in [-0.2, -0.15) is 4.31 Å². The third-order valence-corrected chi connectivity index (χ3v) is 8.93. The number of sulfonamides is 1. The number of hydrogen-bond donors (Lipinski definition) is 2. The molecule has 1 aliphatic carbocycles. The van der Waals surface area contributed by atoms with Crippen LogP contribution in [-0.4, -0.2) is 50.9 Å². The molecule has 1 saturated heterocycles. The summed E-state index contributed by atoms with van der Waals surface area (Å²) in [7, 11) is -3.88. The summed E-state index contributed by atoms with van der Waals surface area (Å²) < 4.78 is 56.8. The molecule has 2 aromatic carbocycles. The molecule has 0 atom stereocenters. The van der Waals surface area contributed by atoms with E-state index in [1.807, 2.05) is 0 Å². The molecule has 2 aromatic rings. The fourth-order valence-electron chi connectivity index (χ4n) is 4.70. The number of nitrogens with zero attached hydrogens (tertiary/aromatic N) is 1. The van der Waals surface area contributed by atoms with Crippen molar-refractivity contribution in [3.63, 3.8) is 0 Å². The first-order chi connectivity index (χ1) is 15.8. The van der Waals surface area contributed by atoms with Gasteiger partial charge in [0.05, 0.1) is 48.4 Å². The fraction of sp³-hybridized carbons (Fsp3) is 0.435. The van der Waals surface area contributed by atoms with Crippen molar-refractivity contribution in [2.75, 3.05) is 31.5 Å². The minimum Gasteiger partial charge on any atom is -0.330 e. The Kier molecular flexibility index (Phi) is 7.47. The molecule has 1 amide bonds. The van der Waals surface area contributed by atoms with Gasteiger partial charge in [0.1, 0.15) is 11.6 Å². The van der Waals surface area contributed by atoms with Gasteiger partial charge in [0.2, 0.25) is 10.0 Å². The lowest BCUT2D eigenvalue weighted by atomic mass is 9.94. The van der Waals surface area contributed by atoms with E-state index in [0.717, 1.165) is 25.2 Å². The molecule has 0 aromatic heterocycles. The number of rotatable bonds is 5. The van der Waals surface area contributed by atoms with Gasteiger partial charge in [-0.25, -0.2) is 17.2 Å². The molecule has 10 heteroatoms. The molecule has 0 unspecified atom stereocenters. The Morgan fingerprint density at radius 1 is 1.00 bits per heavy atom. The first kappa shape index (κ1) is 24.3. The highest BCUT2D eigenvalue weighted by molar-refractivity contribution is 9.10. The Hall–Kier alpha value is -1.88. The van der Waals surface area contributed by atoms with Crippen molar-refractivity contribution in [1.29, 1.82) is 0 Å². The lowest BCUT2D eigenvalue weighted by Crippen LogP contribution is -3.18. The van der Waals surface area contributed by atoms with Crippen LogP contribution in [0.1, 0.15) is 42.5 Å². The van der Waals surface area contributed by atoms with Gasteiger partial charge in [-0.15, -0.1) is 0 Å². The number of amides is 1. The standard InChI is InChI=1S/C23H26BrF2N3O3S/c24-16-6-9-22(21(26)14-16)27-23(30)19-15-18(7-8-20(19)25)33(31,32)29-12-10-28(11-13-29)17-4-2-1-3-5-17/h6-9,14-15,17H,1-5,10-13H2,(H,27,30)/p+1. The van der Waals surface area contributed by atoms with Gasteiger partial charge in [-0.3, -0.25) is 4.79 Å². The van der Waals surface area contributed by atoms with Crippen molar-refractivity contribution >= 4 is 37.5 Å². The molecule has 1 heterocycles. The largest absolute Gasteiger partial charge is 0.330 e. The summed E-state index contributed by atoms with van der Waals surface area (Å²) in [6.07, 6.45) is 6.13. The average molecular weight is 543 g/mol. The van der Waals surface area contributed by atoms with Crippen LogP contribution >= 0.6 is 15.9 Å². The van der Waals surface area contributed by atoms with Crippen LogP contribution in [0, 0.1) is 11.6 Å². The second-order valence-electron chi connectivity index (χ2n) is 8.62. The van der Waals surface area contributed by atoms with Crippen LogP contribution in [0.4, 0.5) is 14.5 Å². The van der Waals surface area contributed by atoms with Gasteiger partial charge >= 0.3 is 0 Å². The lowest BCUT2D eigenvalue weighted by Gasteiger charge is -2.37. The fourth-order valence-corrected chi connectivity index (χ4v) is 6.50. The zero-order valence-corrected chi connectivity index (χ0v) is 20.5. The summed E-state index contributed by atoms with van der Waals surface area (Å²) in [6.45, 7) is 2.25. The van der Waals surface area contributed by atoms with Gasteiger partial charge in [0.15, 0.2) is 0 Å². The smallest absolute Gasteiger partial charge is 0.258 e. The normalized spacial score (nSPS) is 18.9. The number of benzene rings is 2. The topological polar surface area (TPSA) is 70.9 Å². The van der Waals surface area contributed by atoms with E-state index in [2.05, 4.69) is 21.2 Å². The van der Waals surface area contributed by atoms with E-state index >= 15 is 0 Å². The van der Waals surface area contributed by atoms with E-state index in [9.17, 15) is 22.0 Å². The van der Waals surface area contributed by atoms with E-state index in [0.29, 0.717) is 23.6 Å². The zero-order valence-electron chi connectivity index (χ0n) is 18.1. The van der Waals surface area contributed by atoms with Crippen LogP contribution in [0.25, 0.3) is 0 Å². The molecule has 4 rings (SSSR count). The predicted octanol–water partition coefficient (Wildman–Crippen LogP) is 3.20. The molecule has 1 aliphatic heterocycles. The lowest BCUT2D eigenvalue weighted by molar-refractivity contribution is -0.930. The van der Waals surface area contributed by atoms with Crippen molar-refractivity contribution in [3.8, 4) is 0 Å². The highest BCUT2D eigenvalue weighted by Crippen LogP contribution is 2.23. The summed E-state index contributed by atoms with van der Waals surface area (Å²) in [4.78, 5) is 13.9. The highest BCUT2D eigenvalue weighted by Gasteiger charge is 2.34. The maximum absolute atomic E-state index is 14.4. The van der Waals surface area contributed by atoms with Crippen LogP contribution in [0.2, 0.25) is 0 Å². The predicted molar refractivity (Wildman–Crippen MR) is 125 cm³/mol. The van der Waals surface area contributed by atoms with Gasteiger partial charge in [0, 0.05) is 4.47 Å². The maximum atomic E-state index is 14.4. The number of nitrogens with one attached hydrogen (secondary N) is 2. The molecular formula is C23H27BrF2N3O3S+. The molecule has 178 valence electrons. The molecule has 33 heavy (non-hydrogen) atoms. The van der Waals surface area contributed by atoms with Crippen LogP contribution in [0.5, 0.6) is 0 Å². The van der Waals surface area contributed by atoms with Crippen molar-refractivity contribution in [2.45, 2.75) is 43.0 Å². The van der Waals surface area contributed by atoms with Crippen molar-refractivity contribution in [2.24, 2.45) is 0 Å². The SMILES string of the molecule is O=C(Nc1ccc(Br)cc1F)c1cc(S(=O)(=O)N2CC[NH+](C3CCCCC3)CC2)ccc1F. The summed E-state index contributed by atoms with van der Waals surface area (Å²) in [6, 6.07) is 7.79. The first-order valence-electron chi connectivity index (χ1n) is 11.2. The minimum absolute atomic E-state index is 0.127. The molecule has 1 saturated carbocycles. The van der Waals surface area contributed by atoms with Gasteiger partial charge < -0.3 is 10.2 Å². The Bertz CT molecular complexity index is 1130. The number of piperazine rings is 1. The molecular weight excluding hydrogens is 516 g/mol. The van der Waals surface area contributed by atoms with Crippen molar-refractivity contribution in [3.05, 3.63) is 58.1 Å². The second kappa shape index (κ2) is 10.2. The number of anilines is 1. The molecule has 0 radical (unpaired) electrons. The molecule has 6 nitrogen and oxygen atoms in total. The van der Waals surface area contributed by atoms with Gasteiger partial charge in [0.25, 0.3) is 5.91 Å². The average Bonchev–Trinajstić information content (AvgIpc) is 2.81.